The van der Waals surface area contributed by atoms with Crippen LogP contribution in [0.15, 0.2) is 79.1 Å². The number of aliphatic carboxylic acids is 1. The van der Waals surface area contributed by atoms with E-state index in [1.54, 1.807) is 12.4 Å². The Kier molecular flexibility index (Phi) is 8.29. The molecule has 1 fully saturated rings. The summed E-state index contributed by atoms with van der Waals surface area (Å²) in [5.41, 5.74) is 3.08. The number of ether oxygens (including phenoxy) is 1. The van der Waals surface area contributed by atoms with Crippen molar-refractivity contribution in [1.29, 1.82) is 0 Å². The molecule has 0 saturated carbocycles. The minimum Gasteiger partial charge on any atom is -0.475 e. The summed E-state index contributed by atoms with van der Waals surface area (Å²) in [7, 11) is 0. The van der Waals surface area contributed by atoms with Crippen molar-refractivity contribution in [3.63, 3.8) is 0 Å². The van der Waals surface area contributed by atoms with Gasteiger partial charge in [0, 0.05) is 37.6 Å². The molecular formula is C28H26F3N3O5. The van der Waals surface area contributed by atoms with Gasteiger partial charge in [-0.3, -0.25) is 14.6 Å². The fourth-order valence-electron chi connectivity index (χ4n) is 4.69. The highest BCUT2D eigenvalue weighted by Gasteiger charge is 2.49. The molecule has 1 unspecified atom stereocenters. The van der Waals surface area contributed by atoms with Gasteiger partial charge in [-0.15, -0.1) is 0 Å². The number of pyridine rings is 1. The van der Waals surface area contributed by atoms with Crippen molar-refractivity contribution in [3.8, 4) is 0 Å². The minimum absolute atomic E-state index is 0.0393. The summed E-state index contributed by atoms with van der Waals surface area (Å²) in [6.07, 6.45) is -0.964. The Morgan fingerprint density at radius 1 is 1.00 bits per heavy atom. The molecule has 0 bridgehead atoms. The molecule has 0 aliphatic carbocycles. The standard InChI is InChI=1S/C26H25N3O3.C2HF3O2/c30-24(28-18-19-7-6-14-27-17-19)23-21-10-4-5-11-22(21)26(32-23)12-15-29(16-13-26)25(31)20-8-2-1-3-9-20;3-2(4,5)1(6)7/h1-11,14,17,23H,12-13,15-16,18H2,(H,28,30);(H,6,7). The van der Waals surface area contributed by atoms with Crippen LogP contribution in [0.4, 0.5) is 13.2 Å². The zero-order valence-corrected chi connectivity index (χ0v) is 20.7. The van der Waals surface area contributed by atoms with Crippen molar-refractivity contribution < 1.29 is 37.4 Å². The Labute approximate surface area is 222 Å². The van der Waals surface area contributed by atoms with Crippen LogP contribution in [0, 0.1) is 0 Å². The molecule has 2 N–H and O–H groups in total. The third-order valence-corrected chi connectivity index (χ3v) is 6.63. The molecule has 8 nitrogen and oxygen atoms in total. The zero-order valence-electron chi connectivity index (χ0n) is 20.7. The van der Waals surface area contributed by atoms with Gasteiger partial charge in [0.05, 0.1) is 5.60 Å². The number of carbonyl (C=O) groups is 3. The second kappa shape index (κ2) is 11.6. The first kappa shape index (κ1) is 27.8. The monoisotopic (exact) mass is 541 g/mol. The Balaban J connectivity index is 0.000000448. The van der Waals surface area contributed by atoms with Crippen molar-refractivity contribution >= 4 is 17.8 Å². The third kappa shape index (κ3) is 6.43. The molecule has 2 aliphatic rings. The molecule has 39 heavy (non-hydrogen) atoms. The molecule has 2 amide bonds. The van der Waals surface area contributed by atoms with E-state index in [1.165, 1.54) is 0 Å². The van der Waals surface area contributed by atoms with Gasteiger partial charge in [0.15, 0.2) is 6.10 Å². The number of carbonyl (C=O) groups excluding carboxylic acids is 2. The smallest absolute Gasteiger partial charge is 0.475 e. The highest BCUT2D eigenvalue weighted by molar-refractivity contribution is 5.94. The van der Waals surface area contributed by atoms with Crippen molar-refractivity contribution in [2.45, 2.75) is 37.3 Å². The number of hydrogen-bond acceptors (Lipinski definition) is 5. The lowest BCUT2D eigenvalue weighted by molar-refractivity contribution is -0.192. The van der Waals surface area contributed by atoms with E-state index in [4.69, 9.17) is 14.6 Å². The Bertz CT molecular complexity index is 1310. The molecule has 1 saturated heterocycles. The lowest BCUT2D eigenvalue weighted by atomic mass is 9.83. The molecule has 1 spiro atoms. The number of alkyl halides is 3. The summed E-state index contributed by atoms with van der Waals surface area (Å²) in [4.78, 5) is 40.8. The largest absolute Gasteiger partial charge is 0.490 e. The van der Waals surface area contributed by atoms with Gasteiger partial charge in [0.25, 0.3) is 11.8 Å². The third-order valence-electron chi connectivity index (χ3n) is 6.63. The topological polar surface area (TPSA) is 109 Å². The first-order valence-electron chi connectivity index (χ1n) is 12.2. The normalized spacial score (nSPS) is 17.5. The van der Waals surface area contributed by atoms with Crippen LogP contribution in [0.1, 0.15) is 46.0 Å². The lowest BCUT2D eigenvalue weighted by Crippen LogP contribution is -2.45. The van der Waals surface area contributed by atoms with E-state index in [-0.39, 0.29) is 11.8 Å². The summed E-state index contributed by atoms with van der Waals surface area (Å²) < 4.78 is 38.2. The van der Waals surface area contributed by atoms with E-state index in [1.807, 2.05) is 65.6 Å². The predicted octanol–water partition coefficient (Wildman–Crippen LogP) is 4.23. The van der Waals surface area contributed by atoms with Crippen molar-refractivity contribution in [3.05, 3.63) is 101 Å². The van der Waals surface area contributed by atoms with E-state index < -0.39 is 23.9 Å². The number of carboxylic acids is 1. The summed E-state index contributed by atoms with van der Waals surface area (Å²) in [6, 6.07) is 21.1. The molecular weight excluding hydrogens is 515 g/mol. The number of fused-ring (bicyclic) bond motifs is 2. The number of carboxylic acid groups (broad SMARTS) is 1. The molecule has 3 aromatic rings. The number of amides is 2. The van der Waals surface area contributed by atoms with Gasteiger partial charge in [-0.05, 0) is 47.7 Å². The van der Waals surface area contributed by atoms with Crippen LogP contribution < -0.4 is 5.32 Å². The fourth-order valence-corrected chi connectivity index (χ4v) is 4.69. The van der Waals surface area contributed by atoms with Crippen LogP contribution in [0.5, 0.6) is 0 Å². The van der Waals surface area contributed by atoms with Gasteiger partial charge in [-0.2, -0.15) is 13.2 Å². The van der Waals surface area contributed by atoms with Crippen LogP contribution in [0.3, 0.4) is 0 Å². The maximum atomic E-state index is 13.0. The number of piperidine rings is 1. The Morgan fingerprint density at radius 3 is 2.26 bits per heavy atom. The molecule has 11 heteroatoms. The van der Waals surface area contributed by atoms with Gasteiger partial charge in [0.1, 0.15) is 0 Å². The van der Waals surface area contributed by atoms with Crippen molar-refractivity contribution in [1.82, 2.24) is 15.2 Å². The second-order valence-corrected chi connectivity index (χ2v) is 9.12. The van der Waals surface area contributed by atoms with E-state index >= 15 is 0 Å². The quantitative estimate of drug-likeness (QED) is 0.512. The van der Waals surface area contributed by atoms with Crippen LogP contribution in [0.2, 0.25) is 0 Å². The van der Waals surface area contributed by atoms with E-state index in [0.717, 1.165) is 16.7 Å². The second-order valence-electron chi connectivity index (χ2n) is 9.12. The van der Waals surface area contributed by atoms with Crippen molar-refractivity contribution in [2.24, 2.45) is 0 Å². The summed E-state index contributed by atoms with van der Waals surface area (Å²) >= 11 is 0. The number of nitrogens with zero attached hydrogens (tertiary/aromatic N) is 2. The van der Waals surface area contributed by atoms with Crippen molar-refractivity contribution in [2.75, 3.05) is 13.1 Å². The average Bonchev–Trinajstić information content (AvgIpc) is 3.26. The Morgan fingerprint density at radius 2 is 1.64 bits per heavy atom. The molecule has 0 radical (unpaired) electrons. The average molecular weight is 542 g/mol. The van der Waals surface area contributed by atoms with Crippen LogP contribution in [-0.4, -0.2) is 52.0 Å². The minimum atomic E-state index is -5.08. The maximum Gasteiger partial charge on any atom is 0.490 e. The van der Waals surface area contributed by atoms with Crippen LogP contribution in [0.25, 0.3) is 0 Å². The summed E-state index contributed by atoms with van der Waals surface area (Å²) in [6.45, 7) is 1.58. The number of rotatable bonds is 4. The van der Waals surface area contributed by atoms with E-state index in [9.17, 15) is 22.8 Å². The number of halogens is 3. The SMILES string of the molecule is O=C(NCc1cccnc1)C1OC2(CCN(C(=O)c3ccccc3)CC2)c2ccccc21.O=C(O)C(F)(F)F. The zero-order chi connectivity index (χ0) is 28.0. The number of nitrogens with one attached hydrogen (secondary N) is 1. The Hall–Kier alpha value is -4.25. The number of benzene rings is 2. The van der Waals surface area contributed by atoms with Gasteiger partial charge in [-0.1, -0.05) is 48.5 Å². The van der Waals surface area contributed by atoms with E-state index in [0.29, 0.717) is 38.0 Å². The molecule has 3 heterocycles. The maximum absolute atomic E-state index is 13.0. The molecule has 5 rings (SSSR count). The lowest BCUT2D eigenvalue weighted by Gasteiger charge is -2.39. The van der Waals surface area contributed by atoms with Gasteiger partial charge < -0.3 is 20.1 Å². The fraction of sp³-hybridized carbons (Fsp3) is 0.286. The van der Waals surface area contributed by atoms with Crippen LogP contribution in [-0.2, 0) is 26.5 Å². The number of hydrogen-bond donors (Lipinski definition) is 2. The predicted molar refractivity (Wildman–Crippen MR) is 133 cm³/mol. The van der Waals surface area contributed by atoms with Crippen LogP contribution >= 0.6 is 0 Å². The summed E-state index contributed by atoms with van der Waals surface area (Å²) in [5.74, 6) is -2.87. The molecule has 1 atom stereocenters. The molecule has 1 aromatic heterocycles. The number of aromatic nitrogens is 1. The van der Waals surface area contributed by atoms with E-state index in [2.05, 4.69) is 16.4 Å². The molecule has 2 aliphatic heterocycles. The number of likely N-dealkylation sites (tertiary alicyclic amines) is 1. The van der Waals surface area contributed by atoms with Gasteiger partial charge >= 0.3 is 12.1 Å². The first-order chi connectivity index (χ1) is 18.6. The molecule has 2 aromatic carbocycles. The van der Waals surface area contributed by atoms with Gasteiger partial charge in [-0.25, -0.2) is 4.79 Å². The highest BCUT2D eigenvalue weighted by Crippen LogP contribution is 2.49. The summed E-state index contributed by atoms with van der Waals surface area (Å²) in [5, 5.41) is 10.1. The first-order valence-corrected chi connectivity index (χ1v) is 12.2. The van der Waals surface area contributed by atoms with Gasteiger partial charge in [0.2, 0.25) is 0 Å². The molecule has 204 valence electrons. The highest BCUT2D eigenvalue weighted by atomic mass is 19.4.